The molecule has 0 bridgehead atoms. The van der Waals surface area contributed by atoms with Gasteiger partial charge in [0.15, 0.2) is 5.82 Å². The van der Waals surface area contributed by atoms with Crippen molar-refractivity contribution in [2.75, 3.05) is 24.3 Å². The molecule has 2 rings (SSSR count). The van der Waals surface area contributed by atoms with E-state index in [1.54, 1.807) is 19.5 Å². The topological polar surface area (TPSA) is 64.3 Å². The minimum absolute atomic E-state index is 0.517. The largest absolute Gasteiger partial charge is 0.480 e. The second-order valence-corrected chi connectivity index (χ2v) is 4.18. The minimum Gasteiger partial charge on any atom is -0.480 e. The van der Waals surface area contributed by atoms with E-state index in [0.29, 0.717) is 5.88 Å². The first-order chi connectivity index (χ1) is 9.22. The predicted molar refractivity (Wildman–Crippen MR) is 76.2 cm³/mol. The van der Waals surface area contributed by atoms with Crippen molar-refractivity contribution in [2.45, 2.75) is 13.5 Å². The van der Waals surface area contributed by atoms with E-state index in [0.717, 1.165) is 30.2 Å². The zero-order valence-corrected chi connectivity index (χ0v) is 11.2. The Balaban J connectivity index is 2.19. The van der Waals surface area contributed by atoms with Crippen molar-refractivity contribution in [3.63, 3.8) is 0 Å². The van der Waals surface area contributed by atoms with Gasteiger partial charge in [0.2, 0.25) is 5.88 Å². The third-order valence-corrected chi connectivity index (χ3v) is 2.84. The second kappa shape index (κ2) is 6.04. The molecular weight excluding hydrogens is 240 g/mol. The maximum atomic E-state index is 5.79. The average Bonchev–Trinajstić information content (AvgIpc) is 2.45. The Morgan fingerprint density at radius 2 is 2.16 bits per heavy atom. The number of nitrogens with zero attached hydrogens (tertiary/aromatic N) is 3. The van der Waals surface area contributed by atoms with Crippen molar-refractivity contribution in [1.29, 1.82) is 0 Å². The molecule has 100 valence electrons. The molecule has 0 saturated carbocycles. The minimum atomic E-state index is 0.517. The van der Waals surface area contributed by atoms with Crippen LogP contribution in [0.15, 0.2) is 36.7 Å². The van der Waals surface area contributed by atoms with E-state index >= 15 is 0 Å². The van der Waals surface area contributed by atoms with Crippen LogP contribution in [0.3, 0.4) is 0 Å². The fraction of sp³-hybridized carbons (Fsp3) is 0.286. The van der Waals surface area contributed by atoms with Crippen LogP contribution in [0.4, 0.5) is 11.5 Å². The Morgan fingerprint density at radius 3 is 2.84 bits per heavy atom. The van der Waals surface area contributed by atoms with Gasteiger partial charge in [-0.05, 0) is 24.6 Å². The zero-order valence-electron chi connectivity index (χ0n) is 11.2. The molecule has 0 aliphatic carbocycles. The number of rotatable bonds is 5. The maximum absolute atomic E-state index is 5.79. The number of methoxy groups -OCH3 is 1. The summed E-state index contributed by atoms with van der Waals surface area (Å²) >= 11 is 0. The number of hydrogen-bond donors (Lipinski definition) is 1. The molecular formula is C14H18N4O. The van der Waals surface area contributed by atoms with Crippen molar-refractivity contribution >= 4 is 11.5 Å². The van der Waals surface area contributed by atoms with Crippen LogP contribution < -0.4 is 15.4 Å². The van der Waals surface area contributed by atoms with Crippen LogP contribution in [-0.4, -0.2) is 23.6 Å². The number of hydrogen-bond acceptors (Lipinski definition) is 5. The molecule has 2 N–H and O–H groups in total. The van der Waals surface area contributed by atoms with Gasteiger partial charge in [-0.25, -0.2) is 0 Å². The monoisotopic (exact) mass is 258 g/mol. The molecule has 0 fully saturated rings. The first kappa shape index (κ1) is 13.1. The first-order valence-electron chi connectivity index (χ1n) is 6.18. The summed E-state index contributed by atoms with van der Waals surface area (Å²) < 4.78 is 5.10. The van der Waals surface area contributed by atoms with Crippen molar-refractivity contribution in [3.05, 3.63) is 42.2 Å². The van der Waals surface area contributed by atoms with Crippen molar-refractivity contribution in [1.82, 2.24) is 9.97 Å². The maximum Gasteiger partial charge on any atom is 0.233 e. The van der Waals surface area contributed by atoms with Gasteiger partial charge in [0.05, 0.1) is 19.5 Å². The lowest BCUT2D eigenvalue weighted by Gasteiger charge is -2.22. The van der Waals surface area contributed by atoms with Crippen LogP contribution >= 0.6 is 0 Å². The summed E-state index contributed by atoms with van der Waals surface area (Å²) in [6.07, 6.45) is 3.33. The molecule has 0 aliphatic heterocycles. The third kappa shape index (κ3) is 3.34. The van der Waals surface area contributed by atoms with Crippen molar-refractivity contribution in [3.8, 4) is 5.88 Å². The third-order valence-electron chi connectivity index (χ3n) is 2.84. The Labute approximate surface area is 113 Å². The standard InChI is InChI=1S/C14H18N4O/c1-3-18(10-11-5-4-6-12(15)7-11)13-8-16-9-14(17-13)19-2/h4-9H,3,10,15H2,1-2H3. The van der Waals surface area contributed by atoms with E-state index < -0.39 is 0 Å². The molecule has 0 radical (unpaired) electrons. The van der Waals surface area contributed by atoms with Gasteiger partial charge in [0.25, 0.3) is 0 Å². The lowest BCUT2D eigenvalue weighted by atomic mass is 10.2. The normalized spacial score (nSPS) is 10.2. The van der Waals surface area contributed by atoms with Crippen LogP contribution in [0, 0.1) is 0 Å². The molecule has 0 amide bonds. The molecule has 19 heavy (non-hydrogen) atoms. The highest BCUT2D eigenvalue weighted by molar-refractivity contribution is 5.44. The Morgan fingerprint density at radius 1 is 1.32 bits per heavy atom. The summed E-state index contributed by atoms with van der Waals surface area (Å²) in [4.78, 5) is 10.6. The molecule has 0 spiro atoms. The van der Waals surface area contributed by atoms with Crippen molar-refractivity contribution in [2.24, 2.45) is 0 Å². The van der Waals surface area contributed by atoms with Crippen LogP contribution in [0.2, 0.25) is 0 Å². The molecule has 0 aliphatic rings. The summed E-state index contributed by atoms with van der Waals surface area (Å²) in [5, 5.41) is 0. The molecule has 5 nitrogen and oxygen atoms in total. The molecule has 0 unspecified atom stereocenters. The molecule has 5 heteroatoms. The van der Waals surface area contributed by atoms with Gasteiger partial charge in [-0.1, -0.05) is 12.1 Å². The van der Waals surface area contributed by atoms with Crippen LogP contribution in [0.5, 0.6) is 5.88 Å². The van der Waals surface area contributed by atoms with Crippen LogP contribution in [0.1, 0.15) is 12.5 Å². The number of ether oxygens (including phenoxy) is 1. The van der Waals surface area contributed by atoms with Crippen LogP contribution in [-0.2, 0) is 6.54 Å². The highest BCUT2D eigenvalue weighted by atomic mass is 16.5. The number of nitrogens with two attached hydrogens (primary N) is 1. The smallest absolute Gasteiger partial charge is 0.233 e. The van der Waals surface area contributed by atoms with Crippen molar-refractivity contribution < 1.29 is 4.74 Å². The van der Waals surface area contributed by atoms with E-state index in [-0.39, 0.29) is 0 Å². The lowest BCUT2D eigenvalue weighted by Crippen LogP contribution is -2.23. The SMILES string of the molecule is CCN(Cc1cccc(N)c1)c1cncc(OC)n1. The van der Waals surface area contributed by atoms with Gasteiger partial charge >= 0.3 is 0 Å². The summed E-state index contributed by atoms with van der Waals surface area (Å²) in [5.74, 6) is 1.31. The number of aromatic nitrogens is 2. The first-order valence-corrected chi connectivity index (χ1v) is 6.18. The summed E-state index contributed by atoms with van der Waals surface area (Å²) in [6, 6.07) is 7.85. The Hall–Kier alpha value is -2.30. The van der Waals surface area contributed by atoms with Gasteiger partial charge in [-0.2, -0.15) is 4.98 Å². The van der Waals surface area contributed by atoms with Gasteiger partial charge in [0.1, 0.15) is 0 Å². The molecule has 2 aromatic rings. The predicted octanol–water partition coefficient (Wildman–Crippen LogP) is 2.09. The summed E-state index contributed by atoms with van der Waals surface area (Å²) in [7, 11) is 1.59. The van der Waals surface area contributed by atoms with E-state index in [2.05, 4.69) is 21.8 Å². The van der Waals surface area contributed by atoms with E-state index in [1.165, 1.54) is 0 Å². The molecule has 1 aromatic heterocycles. The quantitative estimate of drug-likeness (QED) is 0.832. The van der Waals surface area contributed by atoms with E-state index in [9.17, 15) is 0 Å². The van der Waals surface area contributed by atoms with Gasteiger partial charge in [0, 0.05) is 18.8 Å². The Kier molecular flexibility index (Phi) is 4.18. The molecule has 1 aromatic carbocycles. The molecule has 1 heterocycles. The Bertz CT molecular complexity index is 544. The number of benzene rings is 1. The fourth-order valence-corrected chi connectivity index (χ4v) is 1.86. The number of anilines is 2. The zero-order chi connectivity index (χ0) is 13.7. The van der Waals surface area contributed by atoms with Gasteiger partial charge in [-0.15, -0.1) is 0 Å². The summed E-state index contributed by atoms with van der Waals surface area (Å²) in [5.41, 5.74) is 7.71. The second-order valence-electron chi connectivity index (χ2n) is 4.18. The van der Waals surface area contributed by atoms with Crippen LogP contribution in [0.25, 0.3) is 0 Å². The lowest BCUT2D eigenvalue weighted by molar-refractivity contribution is 0.395. The van der Waals surface area contributed by atoms with Gasteiger partial charge in [-0.3, -0.25) is 4.98 Å². The fourth-order valence-electron chi connectivity index (χ4n) is 1.86. The van der Waals surface area contributed by atoms with E-state index in [1.807, 2.05) is 24.3 Å². The highest BCUT2D eigenvalue weighted by Gasteiger charge is 2.08. The molecule has 0 saturated heterocycles. The molecule has 0 atom stereocenters. The highest BCUT2D eigenvalue weighted by Crippen LogP contribution is 2.17. The van der Waals surface area contributed by atoms with E-state index in [4.69, 9.17) is 10.5 Å². The average molecular weight is 258 g/mol. The number of nitrogen functional groups attached to an aromatic ring is 1. The van der Waals surface area contributed by atoms with Gasteiger partial charge < -0.3 is 15.4 Å². The summed E-state index contributed by atoms with van der Waals surface area (Å²) in [6.45, 7) is 3.65.